The zero-order valence-corrected chi connectivity index (χ0v) is 12.7. The highest BCUT2D eigenvalue weighted by Crippen LogP contribution is 2.23. The quantitative estimate of drug-likeness (QED) is 0.845. The number of hydrogen-bond acceptors (Lipinski definition) is 4. The summed E-state index contributed by atoms with van der Waals surface area (Å²) < 4.78 is 4.98. The minimum atomic E-state index is -0.289. The van der Waals surface area contributed by atoms with Gasteiger partial charge < -0.3 is 9.84 Å². The molecule has 1 aliphatic rings. The maximum Gasteiger partial charge on any atom is 0.314 e. The van der Waals surface area contributed by atoms with Crippen LogP contribution in [0.2, 0.25) is 0 Å². The van der Waals surface area contributed by atoms with Crippen molar-refractivity contribution >= 4 is 5.97 Å². The van der Waals surface area contributed by atoms with Crippen molar-refractivity contribution in [3.05, 3.63) is 35.9 Å². The highest BCUT2D eigenvalue weighted by molar-refractivity contribution is 5.78. The summed E-state index contributed by atoms with van der Waals surface area (Å²) in [6, 6.07) is 9.92. The third-order valence-electron chi connectivity index (χ3n) is 4.31. The van der Waals surface area contributed by atoms with Gasteiger partial charge in [0.2, 0.25) is 0 Å². The fourth-order valence-electron chi connectivity index (χ4n) is 3.06. The van der Waals surface area contributed by atoms with Crippen LogP contribution in [0.4, 0.5) is 0 Å². The molecule has 4 nitrogen and oxygen atoms in total. The van der Waals surface area contributed by atoms with Crippen LogP contribution in [0.25, 0.3) is 0 Å². The van der Waals surface area contributed by atoms with Gasteiger partial charge in [-0.1, -0.05) is 43.2 Å². The lowest BCUT2D eigenvalue weighted by atomic mass is 9.97. The zero-order chi connectivity index (χ0) is 15.1. The van der Waals surface area contributed by atoms with Crippen LogP contribution in [0.1, 0.15) is 37.2 Å². The molecule has 2 atom stereocenters. The molecule has 0 aromatic heterocycles. The second kappa shape index (κ2) is 8.15. The number of aliphatic hydroxyl groups is 1. The maximum absolute atomic E-state index is 12.2. The van der Waals surface area contributed by atoms with E-state index in [1.165, 1.54) is 13.5 Å². The lowest BCUT2D eigenvalue weighted by Gasteiger charge is -2.31. The summed E-state index contributed by atoms with van der Waals surface area (Å²) in [5, 5.41) is 9.61. The van der Waals surface area contributed by atoms with Crippen molar-refractivity contribution in [2.24, 2.45) is 0 Å². The third-order valence-corrected chi connectivity index (χ3v) is 4.31. The first kappa shape index (κ1) is 16.0. The summed E-state index contributed by atoms with van der Waals surface area (Å²) >= 11 is 0. The number of likely N-dealkylation sites (tertiary alicyclic amines) is 1. The molecular formula is C17H25NO3. The Kier molecular flexibility index (Phi) is 6.21. The Balaban J connectivity index is 2.15. The standard InChI is InChI=1S/C17H25NO3/c1-21-17(20)16(14-8-4-2-5-9-14)12-18-11-7-3-6-10-15(18)13-19/h2,4-5,8-9,15-16,19H,3,6-7,10-13H2,1H3. The molecule has 1 saturated heterocycles. The van der Waals surface area contributed by atoms with Crippen LogP contribution in [-0.2, 0) is 9.53 Å². The van der Waals surface area contributed by atoms with Crippen LogP contribution in [0.5, 0.6) is 0 Å². The van der Waals surface area contributed by atoms with Crippen molar-refractivity contribution in [3.63, 3.8) is 0 Å². The Morgan fingerprint density at radius 3 is 2.76 bits per heavy atom. The molecule has 0 bridgehead atoms. The number of nitrogens with zero attached hydrogens (tertiary/aromatic N) is 1. The molecular weight excluding hydrogens is 266 g/mol. The monoisotopic (exact) mass is 291 g/mol. The Morgan fingerprint density at radius 2 is 2.10 bits per heavy atom. The number of carbonyl (C=O) groups is 1. The molecule has 4 heteroatoms. The summed E-state index contributed by atoms with van der Waals surface area (Å²) in [6.45, 7) is 1.70. The molecule has 0 radical (unpaired) electrons. The average molecular weight is 291 g/mol. The van der Waals surface area contributed by atoms with Gasteiger partial charge in [-0.25, -0.2) is 0 Å². The molecule has 21 heavy (non-hydrogen) atoms. The van der Waals surface area contributed by atoms with E-state index in [1.807, 2.05) is 30.3 Å². The average Bonchev–Trinajstić information content (AvgIpc) is 2.77. The fourth-order valence-corrected chi connectivity index (χ4v) is 3.06. The second-order valence-corrected chi connectivity index (χ2v) is 5.67. The van der Waals surface area contributed by atoms with Gasteiger partial charge >= 0.3 is 5.97 Å². The molecule has 1 heterocycles. The van der Waals surface area contributed by atoms with E-state index in [4.69, 9.17) is 4.74 Å². The van der Waals surface area contributed by atoms with Crippen LogP contribution < -0.4 is 0 Å². The third kappa shape index (κ3) is 4.29. The van der Waals surface area contributed by atoms with Gasteiger partial charge in [0, 0.05) is 12.6 Å². The van der Waals surface area contributed by atoms with Crippen LogP contribution in [0.3, 0.4) is 0 Å². The number of methoxy groups -OCH3 is 1. The van der Waals surface area contributed by atoms with Crippen molar-refractivity contribution < 1.29 is 14.6 Å². The van der Waals surface area contributed by atoms with E-state index in [2.05, 4.69) is 4.90 Å². The van der Waals surface area contributed by atoms with Crippen LogP contribution in [-0.4, -0.2) is 48.8 Å². The first-order valence-corrected chi connectivity index (χ1v) is 7.74. The number of carbonyl (C=O) groups excluding carboxylic acids is 1. The predicted octanol–water partition coefficient (Wildman–Crippen LogP) is 2.18. The van der Waals surface area contributed by atoms with Gasteiger partial charge in [0.05, 0.1) is 19.6 Å². The van der Waals surface area contributed by atoms with Crippen molar-refractivity contribution in [1.29, 1.82) is 0 Å². The number of esters is 1. The fraction of sp³-hybridized carbons (Fsp3) is 0.588. The Morgan fingerprint density at radius 1 is 1.33 bits per heavy atom. The van der Waals surface area contributed by atoms with Crippen molar-refractivity contribution in [2.75, 3.05) is 26.8 Å². The van der Waals surface area contributed by atoms with Gasteiger partial charge in [-0.05, 0) is 24.9 Å². The molecule has 1 fully saturated rings. The minimum Gasteiger partial charge on any atom is -0.469 e. The minimum absolute atomic E-state index is 0.155. The molecule has 0 aliphatic carbocycles. The van der Waals surface area contributed by atoms with Gasteiger partial charge in [-0.2, -0.15) is 0 Å². The van der Waals surface area contributed by atoms with Crippen molar-refractivity contribution in [3.8, 4) is 0 Å². The van der Waals surface area contributed by atoms with Crippen molar-refractivity contribution in [1.82, 2.24) is 4.90 Å². The van der Waals surface area contributed by atoms with Gasteiger partial charge in [0.15, 0.2) is 0 Å². The topological polar surface area (TPSA) is 49.8 Å². The molecule has 0 amide bonds. The van der Waals surface area contributed by atoms with Crippen molar-refractivity contribution in [2.45, 2.75) is 37.6 Å². The second-order valence-electron chi connectivity index (χ2n) is 5.67. The largest absolute Gasteiger partial charge is 0.469 e. The summed E-state index contributed by atoms with van der Waals surface area (Å²) in [5.74, 6) is -0.495. The lowest BCUT2D eigenvalue weighted by Crippen LogP contribution is -2.41. The van der Waals surface area contributed by atoms with E-state index in [1.54, 1.807) is 0 Å². The number of benzene rings is 1. The molecule has 1 aromatic carbocycles. The number of ether oxygens (including phenoxy) is 1. The number of rotatable bonds is 5. The molecule has 1 aliphatic heterocycles. The zero-order valence-electron chi connectivity index (χ0n) is 12.7. The van der Waals surface area contributed by atoms with E-state index in [-0.39, 0.29) is 24.5 Å². The van der Waals surface area contributed by atoms with E-state index < -0.39 is 0 Å². The van der Waals surface area contributed by atoms with Gasteiger partial charge in [0.25, 0.3) is 0 Å². The molecule has 2 rings (SSSR count). The molecule has 1 N–H and O–H groups in total. The first-order chi connectivity index (χ1) is 10.3. The molecule has 116 valence electrons. The summed E-state index contributed by atoms with van der Waals surface area (Å²) in [6.07, 6.45) is 4.47. The van der Waals surface area contributed by atoms with Crippen LogP contribution in [0.15, 0.2) is 30.3 Å². The molecule has 0 saturated carbocycles. The van der Waals surface area contributed by atoms with Gasteiger partial charge in [-0.15, -0.1) is 0 Å². The smallest absolute Gasteiger partial charge is 0.314 e. The maximum atomic E-state index is 12.2. The van der Waals surface area contributed by atoms with Crippen LogP contribution >= 0.6 is 0 Å². The Hall–Kier alpha value is -1.39. The van der Waals surface area contributed by atoms with E-state index >= 15 is 0 Å². The Labute approximate surface area is 126 Å². The summed E-state index contributed by atoms with van der Waals surface area (Å²) in [7, 11) is 1.43. The Bertz CT molecular complexity index is 435. The number of aliphatic hydroxyl groups excluding tert-OH is 1. The predicted molar refractivity (Wildman–Crippen MR) is 82.1 cm³/mol. The number of hydrogen-bond donors (Lipinski definition) is 1. The van der Waals surface area contributed by atoms with E-state index in [0.717, 1.165) is 31.4 Å². The molecule has 1 aromatic rings. The first-order valence-electron chi connectivity index (χ1n) is 7.74. The summed E-state index contributed by atoms with van der Waals surface area (Å²) in [4.78, 5) is 14.4. The van der Waals surface area contributed by atoms with Crippen LogP contribution in [0, 0.1) is 0 Å². The highest BCUT2D eigenvalue weighted by Gasteiger charge is 2.28. The van der Waals surface area contributed by atoms with E-state index in [9.17, 15) is 9.90 Å². The summed E-state index contributed by atoms with van der Waals surface area (Å²) in [5.41, 5.74) is 0.977. The highest BCUT2D eigenvalue weighted by atomic mass is 16.5. The van der Waals surface area contributed by atoms with E-state index in [0.29, 0.717) is 6.54 Å². The van der Waals surface area contributed by atoms with Gasteiger partial charge in [0.1, 0.15) is 0 Å². The normalized spacial score (nSPS) is 21.5. The SMILES string of the molecule is COC(=O)C(CN1CCCCCC1CO)c1ccccc1. The lowest BCUT2D eigenvalue weighted by molar-refractivity contribution is -0.143. The molecule has 0 spiro atoms. The molecule has 2 unspecified atom stereocenters. The van der Waals surface area contributed by atoms with Gasteiger partial charge in [-0.3, -0.25) is 9.69 Å².